The number of nitrogens with zero attached hydrogens (tertiary/aromatic N) is 4. The lowest BCUT2D eigenvalue weighted by Crippen LogP contribution is -2.30. The van der Waals surface area contributed by atoms with Gasteiger partial charge in [0.15, 0.2) is 11.5 Å². The van der Waals surface area contributed by atoms with Gasteiger partial charge in [-0.3, -0.25) is 9.36 Å². The predicted octanol–water partition coefficient (Wildman–Crippen LogP) is 3.38. The maximum Gasteiger partial charge on any atom is 0.264 e. The predicted molar refractivity (Wildman–Crippen MR) is 117 cm³/mol. The van der Waals surface area contributed by atoms with E-state index in [9.17, 15) is 4.79 Å². The van der Waals surface area contributed by atoms with Crippen molar-refractivity contribution in [3.8, 4) is 5.69 Å². The maximum absolute atomic E-state index is 13.5. The van der Waals surface area contributed by atoms with Crippen molar-refractivity contribution in [2.24, 2.45) is 5.73 Å². The Bertz CT molecular complexity index is 1430. The molecule has 0 radical (unpaired) electrons. The van der Waals surface area contributed by atoms with Crippen LogP contribution in [-0.4, -0.2) is 24.5 Å². The molecule has 4 N–H and O–H groups in total. The number of imidazole rings is 1. The van der Waals surface area contributed by atoms with E-state index in [0.29, 0.717) is 44.2 Å². The van der Waals surface area contributed by atoms with Crippen LogP contribution in [0.5, 0.6) is 0 Å². The summed E-state index contributed by atoms with van der Waals surface area (Å²) in [6, 6.07) is 16.5. The summed E-state index contributed by atoms with van der Waals surface area (Å²) in [6.07, 6.45) is 2.20. The number of benzene rings is 2. The number of aromatic nitrogens is 5. The van der Waals surface area contributed by atoms with Crippen LogP contribution < -0.4 is 16.6 Å². The first kappa shape index (κ1) is 18.3. The molecule has 2 aromatic carbocycles. The van der Waals surface area contributed by atoms with E-state index in [2.05, 4.69) is 25.3 Å². The third-order valence-corrected chi connectivity index (χ3v) is 5.18. The Balaban J connectivity index is 1.71. The molecule has 148 valence electrons. The van der Waals surface area contributed by atoms with Gasteiger partial charge >= 0.3 is 0 Å². The van der Waals surface area contributed by atoms with Crippen molar-refractivity contribution in [2.75, 3.05) is 5.32 Å². The zero-order valence-electron chi connectivity index (χ0n) is 15.6. The Morgan fingerprint density at radius 3 is 2.73 bits per heavy atom. The summed E-state index contributed by atoms with van der Waals surface area (Å²) < 4.78 is 1.56. The number of nitrogens with two attached hydrogens (primary N) is 1. The first-order valence-electron chi connectivity index (χ1n) is 9.19. The van der Waals surface area contributed by atoms with Crippen molar-refractivity contribution in [3.63, 3.8) is 0 Å². The number of H-pyrrole nitrogens is 1. The van der Waals surface area contributed by atoms with Crippen molar-refractivity contribution < 1.29 is 0 Å². The molecule has 1 atom stereocenters. The fourth-order valence-corrected chi connectivity index (χ4v) is 3.77. The maximum atomic E-state index is 13.5. The number of aromatic amines is 1. The summed E-state index contributed by atoms with van der Waals surface area (Å²) in [6.45, 7) is 0. The Morgan fingerprint density at radius 1 is 1.07 bits per heavy atom. The number of nitrogens with one attached hydrogen (secondary N) is 2. The fourth-order valence-electron chi connectivity index (χ4n) is 3.50. The molecule has 0 aliphatic heterocycles. The highest BCUT2D eigenvalue weighted by molar-refractivity contribution is 6.35. The van der Waals surface area contributed by atoms with Crippen molar-refractivity contribution in [1.82, 2.24) is 24.5 Å². The Morgan fingerprint density at radius 2 is 1.90 bits per heavy atom. The van der Waals surface area contributed by atoms with E-state index in [4.69, 9.17) is 17.3 Å². The van der Waals surface area contributed by atoms with E-state index in [1.54, 1.807) is 16.7 Å². The van der Waals surface area contributed by atoms with Gasteiger partial charge in [-0.05, 0) is 29.7 Å². The van der Waals surface area contributed by atoms with Gasteiger partial charge in [-0.1, -0.05) is 41.9 Å². The lowest BCUT2D eigenvalue weighted by molar-refractivity contribution is 0.744. The second-order valence-electron chi connectivity index (χ2n) is 6.69. The molecule has 0 saturated heterocycles. The zero-order chi connectivity index (χ0) is 20.7. The third kappa shape index (κ3) is 2.99. The molecular weight excluding hydrogens is 402 g/mol. The van der Waals surface area contributed by atoms with E-state index >= 15 is 0 Å². The molecule has 8 nitrogen and oxygen atoms in total. The molecule has 0 spiro atoms. The SMILES string of the molecule is N[C@H](Nc1ncnc2[nH]cnc12)c1cc2cccc(Cl)c2c(=O)n1-c1ccccc1. The Kier molecular flexibility index (Phi) is 4.42. The lowest BCUT2D eigenvalue weighted by Gasteiger charge is -2.21. The highest BCUT2D eigenvalue weighted by Crippen LogP contribution is 2.26. The van der Waals surface area contributed by atoms with Gasteiger partial charge in [0, 0.05) is 5.69 Å². The van der Waals surface area contributed by atoms with Crippen LogP contribution in [0.2, 0.25) is 5.02 Å². The number of rotatable bonds is 4. The number of pyridine rings is 1. The first-order chi connectivity index (χ1) is 14.6. The lowest BCUT2D eigenvalue weighted by atomic mass is 10.1. The van der Waals surface area contributed by atoms with Crippen LogP contribution in [0.4, 0.5) is 5.82 Å². The number of hydrogen-bond donors (Lipinski definition) is 3. The van der Waals surface area contributed by atoms with Gasteiger partial charge in [0.1, 0.15) is 18.0 Å². The number of hydrogen-bond acceptors (Lipinski definition) is 6. The molecule has 0 bridgehead atoms. The zero-order valence-corrected chi connectivity index (χ0v) is 16.3. The first-order valence-corrected chi connectivity index (χ1v) is 9.57. The number of para-hydroxylation sites is 1. The number of anilines is 1. The van der Waals surface area contributed by atoms with Crippen molar-refractivity contribution in [3.05, 3.63) is 88.3 Å². The molecule has 30 heavy (non-hydrogen) atoms. The summed E-state index contributed by atoms with van der Waals surface area (Å²) in [5.41, 5.74) is 8.67. The number of halogens is 1. The standard InChI is InChI=1S/C21H16ClN7O/c22-14-8-4-5-12-9-15(29(21(30)16(12)14)13-6-2-1-3-7-13)18(23)28-20-17-19(25-10-24-17)26-11-27-20/h1-11,18H,23H2,(H2,24,25,26,27,28)/t18-/m1/s1. The number of fused-ring (bicyclic) bond motifs is 2. The van der Waals surface area contributed by atoms with E-state index < -0.39 is 6.17 Å². The molecule has 0 aliphatic rings. The molecule has 0 amide bonds. The van der Waals surface area contributed by atoms with Crippen LogP contribution in [0.1, 0.15) is 11.9 Å². The summed E-state index contributed by atoms with van der Waals surface area (Å²) in [4.78, 5) is 29.0. The quantitative estimate of drug-likeness (QED) is 0.386. The van der Waals surface area contributed by atoms with E-state index in [-0.39, 0.29) is 5.56 Å². The largest absolute Gasteiger partial charge is 0.348 e. The molecule has 5 rings (SSSR count). The molecule has 5 aromatic rings. The average Bonchev–Trinajstić information content (AvgIpc) is 3.24. The molecule has 0 saturated carbocycles. The van der Waals surface area contributed by atoms with Crippen LogP contribution >= 0.6 is 11.6 Å². The molecule has 0 aliphatic carbocycles. The van der Waals surface area contributed by atoms with Gasteiger partial charge < -0.3 is 16.0 Å². The second-order valence-corrected chi connectivity index (χ2v) is 7.10. The van der Waals surface area contributed by atoms with Gasteiger partial charge in [-0.2, -0.15) is 0 Å². The van der Waals surface area contributed by atoms with Gasteiger partial charge in [0.25, 0.3) is 5.56 Å². The third-order valence-electron chi connectivity index (χ3n) is 4.87. The van der Waals surface area contributed by atoms with Crippen LogP contribution in [-0.2, 0) is 0 Å². The molecule has 3 heterocycles. The minimum absolute atomic E-state index is 0.246. The Labute approximate surface area is 175 Å². The van der Waals surface area contributed by atoms with Crippen LogP contribution in [0, 0.1) is 0 Å². The van der Waals surface area contributed by atoms with E-state index in [1.807, 2.05) is 42.5 Å². The Hall–Kier alpha value is -3.75. The molecule has 0 fully saturated rings. The van der Waals surface area contributed by atoms with E-state index in [0.717, 1.165) is 0 Å². The molecule has 9 heteroatoms. The van der Waals surface area contributed by atoms with Crippen molar-refractivity contribution in [1.29, 1.82) is 0 Å². The van der Waals surface area contributed by atoms with Crippen molar-refractivity contribution in [2.45, 2.75) is 6.17 Å². The van der Waals surface area contributed by atoms with Crippen LogP contribution in [0.3, 0.4) is 0 Å². The van der Waals surface area contributed by atoms with Crippen LogP contribution in [0.25, 0.3) is 27.6 Å². The van der Waals surface area contributed by atoms with Gasteiger partial charge in [0.05, 0.1) is 22.4 Å². The smallest absolute Gasteiger partial charge is 0.264 e. The summed E-state index contributed by atoms with van der Waals surface area (Å²) in [5, 5.41) is 4.70. The van der Waals surface area contributed by atoms with Gasteiger partial charge in [0.2, 0.25) is 0 Å². The minimum atomic E-state index is -0.754. The van der Waals surface area contributed by atoms with Crippen LogP contribution in [0.15, 0.2) is 72.0 Å². The van der Waals surface area contributed by atoms with E-state index in [1.165, 1.54) is 12.7 Å². The second kappa shape index (κ2) is 7.25. The molecule has 0 unspecified atom stereocenters. The summed E-state index contributed by atoms with van der Waals surface area (Å²) in [5.74, 6) is 0.465. The minimum Gasteiger partial charge on any atom is -0.348 e. The summed E-state index contributed by atoms with van der Waals surface area (Å²) >= 11 is 6.35. The normalized spacial score (nSPS) is 12.3. The summed E-state index contributed by atoms with van der Waals surface area (Å²) in [7, 11) is 0. The average molecular weight is 418 g/mol. The van der Waals surface area contributed by atoms with Crippen molar-refractivity contribution >= 4 is 39.4 Å². The van der Waals surface area contributed by atoms with Gasteiger partial charge in [-0.15, -0.1) is 0 Å². The highest BCUT2D eigenvalue weighted by atomic mass is 35.5. The molecular formula is C21H16ClN7O. The highest BCUT2D eigenvalue weighted by Gasteiger charge is 2.19. The monoisotopic (exact) mass is 417 g/mol. The fraction of sp³-hybridized carbons (Fsp3) is 0.0476. The molecule has 3 aromatic heterocycles. The topological polar surface area (TPSA) is 115 Å². The van der Waals surface area contributed by atoms with Gasteiger partial charge in [-0.25, -0.2) is 15.0 Å².